The molecule has 0 aliphatic heterocycles. The Balaban J connectivity index is 3.01. The molecule has 1 aromatic heterocycles. The van der Waals surface area contributed by atoms with Crippen molar-refractivity contribution in [2.45, 2.75) is 19.4 Å². The van der Waals surface area contributed by atoms with Gasteiger partial charge in [-0.25, -0.2) is 4.98 Å². The van der Waals surface area contributed by atoms with Crippen molar-refractivity contribution in [2.75, 3.05) is 0 Å². The zero-order chi connectivity index (χ0) is 9.14. The smallest absolute Gasteiger partial charge is 0.136 e. The molecule has 66 valence electrons. The standard InChI is InChI=1S/C8H9Cl2NO/c1-2-6(12)5-3-4-7(9)11-8(5)10/h3-4,6,12H,2H2,1H3. The van der Waals surface area contributed by atoms with E-state index in [1.54, 1.807) is 12.1 Å². The van der Waals surface area contributed by atoms with Crippen molar-refractivity contribution in [3.8, 4) is 0 Å². The second kappa shape index (κ2) is 4.08. The Hall–Kier alpha value is -0.310. The molecule has 1 unspecified atom stereocenters. The highest BCUT2D eigenvalue weighted by Crippen LogP contribution is 2.24. The Kier molecular flexibility index (Phi) is 3.32. The van der Waals surface area contributed by atoms with Crippen LogP contribution in [0.3, 0.4) is 0 Å². The van der Waals surface area contributed by atoms with Gasteiger partial charge in [-0.05, 0) is 12.5 Å². The first-order valence-corrected chi connectivity index (χ1v) is 4.40. The van der Waals surface area contributed by atoms with Crippen molar-refractivity contribution in [1.29, 1.82) is 0 Å². The molecule has 1 heterocycles. The third-order valence-electron chi connectivity index (χ3n) is 1.59. The number of aliphatic hydroxyl groups is 1. The van der Waals surface area contributed by atoms with Gasteiger partial charge in [-0.1, -0.05) is 36.2 Å². The molecule has 1 rings (SSSR count). The summed E-state index contributed by atoms with van der Waals surface area (Å²) < 4.78 is 0. The lowest BCUT2D eigenvalue weighted by Crippen LogP contribution is -1.97. The van der Waals surface area contributed by atoms with E-state index in [2.05, 4.69) is 4.98 Å². The van der Waals surface area contributed by atoms with Gasteiger partial charge in [0, 0.05) is 5.56 Å². The Morgan fingerprint density at radius 3 is 2.67 bits per heavy atom. The summed E-state index contributed by atoms with van der Waals surface area (Å²) in [6, 6.07) is 3.30. The number of pyridine rings is 1. The second-order valence-corrected chi connectivity index (χ2v) is 3.18. The molecule has 0 aliphatic rings. The molecule has 0 aliphatic carbocycles. The van der Waals surface area contributed by atoms with E-state index in [1.165, 1.54) is 0 Å². The summed E-state index contributed by atoms with van der Waals surface area (Å²) in [6.45, 7) is 1.87. The van der Waals surface area contributed by atoms with Gasteiger partial charge < -0.3 is 5.11 Å². The SMILES string of the molecule is CCC(O)c1ccc(Cl)nc1Cl. The molecule has 0 fully saturated rings. The lowest BCUT2D eigenvalue weighted by Gasteiger charge is -2.08. The summed E-state index contributed by atoms with van der Waals surface area (Å²) >= 11 is 11.3. The first-order valence-electron chi connectivity index (χ1n) is 3.65. The third kappa shape index (κ3) is 2.09. The summed E-state index contributed by atoms with van der Waals surface area (Å²) in [5.41, 5.74) is 0.628. The number of halogens is 2. The molecule has 4 heteroatoms. The molecule has 1 N–H and O–H groups in total. The van der Waals surface area contributed by atoms with Gasteiger partial charge in [0.1, 0.15) is 10.3 Å². The van der Waals surface area contributed by atoms with Gasteiger partial charge in [-0.15, -0.1) is 0 Å². The van der Waals surface area contributed by atoms with Crippen LogP contribution in [0.4, 0.5) is 0 Å². The fourth-order valence-corrected chi connectivity index (χ4v) is 1.36. The van der Waals surface area contributed by atoms with Gasteiger partial charge >= 0.3 is 0 Å². The van der Waals surface area contributed by atoms with Crippen molar-refractivity contribution in [3.05, 3.63) is 28.0 Å². The summed E-state index contributed by atoms with van der Waals surface area (Å²) in [5.74, 6) is 0. The van der Waals surface area contributed by atoms with E-state index in [-0.39, 0.29) is 5.15 Å². The lowest BCUT2D eigenvalue weighted by molar-refractivity contribution is 0.173. The van der Waals surface area contributed by atoms with Crippen molar-refractivity contribution >= 4 is 23.2 Å². The maximum absolute atomic E-state index is 9.43. The summed E-state index contributed by atoms with van der Waals surface area (Å²) in [6.07, 6.45) is 0.0607. The largest absolute Gasteiger partial charge is 0.388 e. The molecule has 1 aromatic rings. The molecule has 0 saturated heterocycles. The van der Waals surface area contributed by atoms with E-state index in [0.717, 1.165) is 0 Å². The fourth-order valence-electron chi connectivity index (χ4n) is 0.891. The summed E-state index contributed by atoms with van der Waals surface area (Å²) in [5, 5.41) is 10.0. The maximum Gasteiger partial charge on any atom is 0.136 e. The van der Waals surface area contributed by atoms with Crippen molar-refractivity contribution in [3.63, 3.8) is 0 Å². The monoisotopic (exact) mass is 205 g/mol. The quantitative estimate of drug-likeness (QED) is 0.754. The Labute approximate surface area is 81.1 Å². The minimum atomic E-state index is -0.553. The third-order valence-corrected chi connectivity index (χ3v) is 2.10. The van der Waals surface area contributed by atoms with Crippen LogP contribution in [0.2, 0.25) is 10.3 Å². The number of aliphatic hydroxyl groups excluding tert-OH is 1. The molecule has 0 saturated carbocycles. The van der Waals surface area contributed by atoms with Crippen LogP contribution in [0.15, 0.2) is 12.1 Å². The van der Waals surface area contributed by atoms with Crippen LogP contribution in [0.5, 0.6) is 0 Å². The Bertz CT molecular complexity index is 278. The van der Waals surface area contributed by atoms with Gasteiger partial charge in [0.25, 0.3) is 0 Å². The van der Waals surface area contributed by atoms with E-state index >= 15 is 0 Å². The molecule has 0 radical (unpaired) electrons. The predicted octanol–water partition coefficient (Wildman–Crippen LogP) is 2.83. The first kappa shape index (κ1) is 9.78. The normalized spacial score (nSPS) is 13.0. The zero-order valence-electron chi connectivity index (χ0n) is 6.59. The van der Waals surface area contributed by atoms with Crippen LogP contribution in [0, 0.1) is 0 Å². The van der Waals surface area contributed by atoms with E-state index < -0.39 is 6.10 Å². The molecular weight excluding hydrogens is 197 g/mol. The predicted molar refractivity (Wildman–Crippen MR) is 49.5 cm³/mol. The van der Waals surface area contributed by atoms with Crippen LogP contribution >= 0.6 is 23.2 Å². The molecule has 1 atom stereocenters. The number of hydrogen-bond donors (Lipinski definition) is 1. The fraction of sp³-hybridized carbons (Fsp3) is 0.375. The van der Waals surface area contributed by atoms with Crippen LogP contribution in [-0.4, -0.2) is 10.1 Å². The van der Waals surface area contributed by atoms with Gasteiger partial charge in [0.05, 0.1) is 6.10 Å². The number of hydrogen-bond acceptors (Lipinski definition) is 2. The molecule has 12 heavy (non-hydrogen) atoms. The van der Waals surface area contributed by atoms with Crippen LogP contribution in [0.1, 0.15) is 25.0 Å². The van der Waals surface area contributed by atoms with E-state index in [1.807, 2.05) is 6.92 Å². The topological polar surface area (TPSA) is 33.1 Å². The van der Waals surface area contributed by atoms with E-state index in [9.17, 15) is 5.11 Å². The van der Waals surface area contributed by atoms with Crippen LogP contribution < -0.4 is 0 Å². The minimum absolute atomic E-state index is 0.275. The average Bonchev–Trinajstić information content (AvgIpc) is 2.03. The maximum atomic E-state index is 9.43. The molecule has 2 nitrogen and oxygen atoms in total. The van der Waals surface area contributed by atoms with Crippen molar-refractivity contribution in [1.82, 2.24) is 4.98 Å². The zero-order valence-corrected chi connectivity index (χ0v) is 8.10. The van der Waals surface area contributed by atoms with Crippen molar-refractivity contribution < 1.29 is 5.11 Å². The lowest BCUT2D eigenvalue weighted by atomic mass is 10.1. The molecular formula is C8H9Cl2NO. The highest BCUT2D eigenvalue weighted by Gasteiger charge is 2.10. The Morgan fingerprint density at radius 1 is 1.50 bits per heavy atom. The van der Waals surface area contributed by atoms with Gasteiger partial charge in [-0.3, -0.25) is 0 Å². The molecule has 0 amide bonds. The molecule has 0 spiro atoms. The average molecular weight is 206 g/mol. The van der Waals surface area contributed by atoms with Crippen molar-refractivity contribution in [2.24, 2.45) is 0 Å². The molecule has 0 aromatic carbocycles. The number of aromatic nitrogens is 1. The molecule has 0 bridgehead atoms. The van der Waals surface area contributed by atoms with Gasteiger partial charge in [-0.2, -0.15) is 0 Å². The van der Waals surface area contributed by atoms with E-state index in [0.29, 0.717) is 17.1 Å². The highest BCUT2D eigenvalue weighted by atomic mass is 35.5. The first-order chi connectivity index (χ1) is 5.65. The highest BCUT2D eigenvalue weighted by molar-refractivity contribution is 6.32. The number of nitrogens with zero attached hydrogens (tertiary/aromatic N) is 1. The minimum Gasteiger partial charge on any atom is -0.388 e. The Morgan fingerprint density at radius 2 is 2.17 bits per heavy atom. The number of rotatable bonds is 2. The van der Waals surface area contributed by atoms with E-state index in [4.69, 9.17) is 23.2 Å². The van der Waals surface area contributed by atoms with Gasteiger partial charge in [0.2, 0.25) is 0 Å². The van der Waals surface area contributed by atoms with Crippen LogP contribution in [0.25, 0.3) is 0 Å². The van der Waals surface area contributed by atoms with Crippen LogP contribution in [-0.2, 0) is 0 Å². The summed E-state index contributed by atoms with van der Waals surface area (Å²) in [4.78, 5) is 3.81. The second-order valence-electron chi connectivity index (χ2n) is 2.44. The summed E-state index contributed by atoms with van der Waals surface area (Å²) in [7, 11) is 0. The van der Waals surface area contributed by atoms with Gasteiger partial charge in [0.15, 0.2) is 0 Å².